The first-order chi connectivity index (χ1) is 17.1. The van der Waals surface area contributed by atoms with E-state index in [9.17, 15) is 19.8 Å². The Labute approximate surface area is 228 Å². The summed E-state index contributed by atoms with van der Waals surface area (Å²) in [4.78, 5) is 23.7. The second kappa shape index (κ2) is 18.1. The fourth-order valence-corrected chi connectivity index (χ4v) is 4.28. The molecule has 5 atom stereocenters. The molecule has 0 fully saturated rings. The molecule has 4 N–H and O–H groups in total. The Morgan fingerprint density at radius 2 is 2.00 bits per heavy atom. The summed E-state index contributed by atoms with van der Waals surface area (Å²) in [6.07, 6.45) is 15.2. The van der Waals surface area contributed by atoms with E-state index in [-0.39, 0.29) is 18.0 Å². The summed E-state index contributed by atoms with van der Waals surface area (Å²) in [6.45, 7) is 6.03. The molecule has 0 bridgehead atoms. The lowest BCUT2D eigenvalue weighted by Gasteiger charge is -2.22. The van der Waals surface area contributed by atoms with Crippen molar-refractivity contribution in [3.05, 3.63) is 69.9 Å². The lowest BCUT2D eigenvalue weighted by Crippen LogP contribution is -2.32. The number of ether oxygens (including phenoxy) is 2. The molecular formula is C28H40INO6. The molecule has 200 valence electrons. The fourth-order valence-electron chi connectivity index (χ4n) is 3.71. The predicted molar refractivity (Wildman–Crippen MR) is 151 cm³/mol. The number of hydrogen-bond acceptors (Lipinski definition) is 6. The molecular weight excluding hydrogens is 573 g/mol. The van der Waals surface area contributed by atoms with Gasteiger partial charge in [-0.15, -0.1) is 0 Å². The van der Waals surface area contributed by atoms with Crippen molar-refractivity contribution >= 4 is 34.7 Å². The topological polar surface area (TPSA) is 119 Å². The van der Waals surface area contributed by atoms with E-state index in [1.165, 1.54) is 18.2 Å². The van der Waals surface area contributed by atoms with Crippen LogP contribution in [0.15, 0.2) is 69.9 Å². The number of hydrogen-bond donors (Lipinski definition) is 3. The number of esters is 1. The van der Waals surface area contributed by atoms with Crippen LogP contribution in [0.2, 0.25) is 0 Å². The maximum Gasteiger partial charge on any atom is 0.404 e. The number of halogens is 1. The van der Waals surface area contributed by atoms with Crippen LogP contribution in [0.25, 0.3) is 0 Å². The largest absolute Gasteiger partial charge is 0.458 e. The maximum absolute atomic E-state index is 12.5. The molecule has 0 saturated heterocycles. The van der Waals surface area contributed by atoms with E-state index in [4.69, 9.17) is 15.2 Å². The van der Waals surface area contributed by atoms with Gasteiger partial charge in [-0.1, -0.05) is 89.3 Å². The Balaban J connectivity index is 3.09. The van der Waals surface area contributed by atoms with Gasteiger partial charge < -0.3 is 25.4 Å². The van der Waals surface area contributed by atoms with Gasteiger partial charge in [0, 0.05) is 18.4 Å². The summed E-state index contributed by atoms with van der Waals surface area (Å²) < 4.78 is 12.8. The number of carbonyl (C=O) groups excluding carboxylic acids is 2. The molecule has 1 unspecified atom stereocenters. The van der Waals surface area contributed by atoms with Crippen LogP contribution in [-0.4, -0.2) is 46.7 Å². The summed E-state index contributed by atoms with van der Waals surface area (Å²) in [5.41, 5.74) is 7.30. The number of rotatable bonds is 4. The highest BCUT2D eigenvalue weighted by Crippen LogP contribution is 2.21. The highest BCUT2D eigenvalue weighted by atomic mass is 127. The summed E-state index contributed by atoms with van der Waals surface area (Å²) in [6, 6.07) is 0. The first kappa shape index (κ1) is 31.9. The Kier molecular flexibility index (Phi) is 16.0. The third-order valence-corrected chi connectivity index (χ3v) is 6.03. The Morgan fingerprint density at radius 3 is 2.69 bits per heavy atom. The molecule has 0 radical (unpaired) electrons. The van der Waals surface area contributed by atoms with E-state index < -0.39 is 24.4 Å². The molecule has 0 aromatic carbocycles. The first-order valence-corrected chi connectivity index (χ1v) is 13.5. The van der Waals surface area contributed by atoms with Crippen molar-refractivity contribution in [2.45, 2.75) is 83.7 Å². The molecule has 0 aromatic heterocycles. The van der Waals surface area contributed by atoms with Crippen LogP contribution in [0.4, 0.5) is 4.79 Å². The minimum atomic E-state index is -1.08. The Bertz CT molecular complexity index is 873. The zero-order chi connectivity index (χ0) is 26.9. The molecule has 7 nitrogen and oxygen atoms in total. The summed E-state index contributed by atoms with van der Waals surface area (Å²) in [7, 11) is 0. The molecule has 1 amide bonds. The highest BCUT2D eigenvalue weighted by Gasteiger charge is 2.21. The van der Waals surface area contributed by atoms with Gasteiger partial charge in [-0.3, -0.25) is 0 Å². The summed E-state index contributed by atoms with van der Waals surface area (Å²) in [5, 5.41) is 20.6. The molecule has 36 heavy (non-hydrogen) atoms. The first-order valence-electron chi connectivity index (χ1n) is 12.3. The molecule has 1 heterocycles. The molecule has 0 saturated carbocycles. The SMILES string of the molecule is C/C1=C/C=C/CCC(OC(N)=O)[C@H](O)C=C[C@H](O)CCC/C=C/C(=O)O[C@@H]([C@H](C)/C=C(C)/C=C/I)C1. The zero-order valence-corrected chi connectivity index (χ0v) is 23.5. The van der Waals surface area contributed by atoms with Crippen molar-refractivity contribution in [3.63, 3.8) is 0 Å². The van der Waals surface area contributed by atoms with Crippen LogP contribution in [0.5, 0.6) is 0 Å². The van der Waals surface area contributed by atoms with Gasteiger partial charge in [0.1, 0.15) is 18.3 Å². The lowest BCUT2D eigenvalue weighted by molar-refractivity contribution is -0.144. The quantitative estimate of drug-likeness (QED) is 0.165. The lowest BCUT2D eigenvalue weighted by atomic mass is 9.95. The number of cyclic esters (lactones) is 1. The molecule has 0 aliphatic carbocycles. The number of nitrogens with two attached hydrogens (primary N) is 1. The van der Waals surface area contributed by atoms with Gasteiger partial charge in [0.15, 0.2) is 0 Å². The molecule has 8 heteroatoms. The second-order valence-corrected chi connectivity index (χ2v) is 9.73. The van der Waals surface area contributed by atoms with Crippen LogP contribution in [-0.2, 0) is 14.3 Å². The standard InChI is InChI=1S/C28H40INO6/c1-20-10-6-4-8-12-25(36-28(30)34)24(32)15-14-23(31)11-7-5-9-13-27(33)35-26(19-20)22(3)18-21(2)16-17-29/h4,6,9-10,13-18,22-26,31-32H,5,7-8,11-12,19H2,1-3H3,(H2,30,34)/b6-4+,13-9+,15-14?,17-16+,20-10-,21-18+/t22-,23-,24-,25?,26-/m1/s1. The van der Waals surface area contributed by atoms with Crippen molar-refractivity contribution in [2.24, 2.45) is 11.7 Å². The molecule has 1 rings (SSSR count). The maximum atomic E-state index is 12.5. The monoisotopic (exact) mass is 613 g/mol. The molecule has 0 aromatic rings. The van der Waals surface area contributed by atoms with Gasteiger partial charge in [-0.2, -0.15) is 0 Å². The van der Waals surface area contributed by atoms with Crippen molar-refractivity contribution in [1.82, 2.24) is 0 Å². The van der Waals surface area contributed by atoms with E-state index in [2.05, 4.69) is 28.7 Å². The Hall–Kier alpha value is -2.17. The van der Waals surface area contributed by atoms with E-state index in [0.29, 0.717) is 38.5 Å². The third-order valence-electron chi connectivity index (χ3n) is 5.67. The number of amides is 1. The van der Waals surface area contributed by atoms with Gasteiger partial charge in [-0.05, 0) is 50.0 Å². The van der Waals surface area contributed by atoms with Crippen LogP contribution >= 0.6 is 22.6 Å². The average molecular weight is 614 g/mol. The van der Waals surface area contributed by atoms with Gasteiger partial charge in [0.05, 0.1) is 6.10 Å². The normalized spacial score (nSPS) is 30.0. The summed E-state index contributed by atoms with van der Waals surface area (Å²) in [5.74, 6) is -0.376. The van der Waals surface area contributed by atoms with Crippen LogP contribution in [0.1, 0.15) is 59.3 Å². The van der Waals surface area contributed by atoms with Gasteiger partial charge in [0.25, 0.3) is 0 Å². The number of allylic oxidation sites excluding steroid dienone is 6. The van der Waals surface area contributed by atoms with Crippen molar-refractivity contribution in [1.29, 1.82) is 0 Å². The molecule has 1 aliphatic rings. The highest BCUT2D eigenvalue weighted by molar-refractivity contribution is 14.1. The summed E-state index contributed by atoms with van der Waals surface area (Å²) >= 11 is 2.17. The second-order valence-electron chi connectivity index (χ2n) is 9.01. The zero-order valence-electron chi connectivity index (χ0n) is 21.4. The van der Waals surface area contributed by atoms with E-state index >= 15 is 0 Å². The number of primary amides is 1. The minimum Gasteiger partial charge on any atom is -0.458 e. The number of aliphatic hydroxyl groups excluding tert-OH is 2. The fraction of sp³-hybridized carbons (Fsp3) is 0.500. The van der Waals surface area contributed by atoms with E-state index in [0.717, 1.165) is 11.1 Å². The van der Waals surface area contributed by atoms with Crippen molar-refractivity contribution < 1.29 is 29.3 Å². The van der Waals surface area contributed by atoms with Crippen molar-refractivity contribution in [2.75, 3.05) is 0 Å². The smallest absolute Gasteiger partial charge is 0.404 e. The van der Waals surface area contributed by atoms with Gasteiger partial charge >= 0.3 is 12.1 Å². The van der Waals surface area contributed by atoms with E-state index in [1.807, 2.05) is 49.2 Å². The van der Waals surface area contributed by atoms with Crippen LogP contribution in [0.3, 0.4) is 0 Å². The number of carbonyl (C=O) groups is 2. The average Bonchev–Trinajstić information content (AvgIpc) is 2.80. The molecule has 1 aliphatic heterocycles. The molecule has 0 spiro atoms. The minimum absolute atomic E-state index is 0.00951. The van der Waals surface area contributed by atoms with Gasteiger partial charge in [-0.25, -0.2) is 9.59 Å². The number of aliphatic hydroxyl groups is 2. The van der Waals surface area contributed by atoms with Crippen molar-refractivity contribution in [3.8, 4) is 0 Å². The van der Waals surface area contributed by atoms with E-state index in [1.54, 1.807) is 6.08 Å². The Morgan fingerprint density at radius 1 is 1.25 bits per heavy atom. The third kappa shape index (κ3) is 14.4. The van der Waals surface area contributed by atoms with Gasteiger partial charge in [0.2, 0.25) is 0 Å². The van der Waals surface area contributed by atoms with Crippen LogP contribution in [0, 0.1) is 5.92 Å². The van der Waals surface area contributed by atoms with Crippen LogP contribution < -0.4 is 5.73 Å². The predicted octanol–water partition coefficient (Wildman–Crippen LogP) is 5.58.